The Bertz CT molecular complexity index is 975. The lowest BCUT2D eigenvalue weighted by Gasteiger charge is -2.12. The normalized spacial score (nSPS) is 11.5. The van der Waals surface area contributed by atoms with Crippen molar-refractivity contribution in [2.45, 2.75) is 33.1 Å². The van der Waals surface area contributed by atoms with E-state index >= 15 is 0 Å². The number of amides is 1. The Balaban J connectivity index is 1.71. The van der Waals surface area contributed by atoms with Crippen molar-refractivity contribution >= 4 is 5.91 Å². The monoisotopic (exact) mass is 387 g/mol. The quantitative estimate of drug-likeness (QED) is 0.682. The number of benzene rings is 2. The van der Waals surface area contributed by atoms with Crippen molar-refractivity contribution in [3.05, 3.63) is 77.1 Å². The molecule has 2 aromatic carbocycles. The maximum Gasteiger partial charge on any atom is 0.433 e. The zero-order valence-electron chi connectivity index (χ0n) is 15.5. The van der Waals surface area contributed by atoms with Gasteiger partial charge in [0.05, 0.1) is 11.8 Å². The van der Waals surface area contributed by atoms with Crippen molar-refractivity contribution in [3.63, 3.8) is 0 Å². The molecule has 1 N–H and O–H groups in total. The first-order valence-electron chi connectivity index (χ1n) is 8.86. The fraction of sp³-hybridized carbons (Fsp3) is 0.238. The molecule has 0 saturated heterocycles. The summed E-state index contributed by atoms with van der Waals surface area (Å²) >= 11 is 0. The summed E-state index contributed by atoms with van der Waals surface area (Å²) in [6.45, 7) is 3.72. The number of nitrogens with zero attached hydrogens (tertiary/aromatic N) is 2. The minimum atomic E-state index is -4.64. The van der Waals surface area contributed by atoms with E-state index in [1.807, 2.05) is 49.4 Å². The summed E-state index contributed by atoms with van der Waals surface area (Å²) < 4.78 is 40.5. The van der Waals surface area contributed by atoms with Gasteiger partial charge in [-0.3, -0.25) is 9.48 Å². The van der Waals surface area contributed by atoms with Crippen molar-refractivity contribution in [3.8, 4) is 11.1 Å². The van der Waals surface area contributed by atoms with Crippen LogP contribution < -0.4 is 5.32 Å². The first-order valence-corrected chi connectivity index (χ1v) is 8.86. The van der Waals surface area contributed by atoms with Crippen LogP contribution in [0, 0.1) is 6.92 Å². The first kappa shape index (κ1) is 19.7. The Labute approximate surface area is 161 Å². The van der Waals surface area contributed by atoms with Crippen LogP contribution in [0.1, 0.15) is 34.1 Å². The average molecular weight is 387 g/mol. The number of hydrogen-bond acceptors (Lipinski definition) is 2. The first-order chi connectivity index (χ1) is 13.3. The SMILES string of the molecule is CCn1ncc(C(=O)NCc2ccc(-c3cccc(C)c3)cc2)c1C(F)(F)F. The van der Waals surface area contributed by atoms with E-state index < -0.39 is 23.3 Å². The molecule has 1 amide bonds. The van der Waals surface area contributed by atoms with Gasteiger partial charge >= 0.3 is 6.18 Å². The predicted molar refractivity (Wildman–Crippen MR) is 101 cm³/mol. The molecule has 1 aromatic heterocycles. The average Bonchev–Trinajstić information content (AvgIpc) is 3.11. The van der Waals surface area contributed by atoms with E-state index in [0.29, 0.717) is 0 Å². The van der Waals surface area contributed by atoms with Gasteiger partial charge in [0.25, 0.3) is 5.91 Å². The fourth-order valence-electron chi connectivity index (χ4n) is 3.01. The van der Waals surface area contributed by atoms with Crippen molar-refractivity contribution in [2.75, 3.05) is 0 Å². The van der Waals surface area contributed by atoms with Crippen molar-refractivity contribution in [1.29, 1.82) is 0 Å². The number of hydrogen-bond donors (Lipinski definition) is 1. The summed E-state index contributed by atoms with van der Waals surface area (Å²) in [5.41, 5.74) is 2.57. The summed E-state index contributed by atoms with van der Waals surface area (Å²) in [6, 6.07) is 15.6. The van der Waals surface area contributed by atoms with Gasteiger partial charge in [-0.05, 0) is 30.5 Å². The van der Waals surface area contributed by atoms with E-state index in [4.69, 9.17) is 0 Å². The number of carbonyl (C=O) groups excluding carboxylic acids is 1. The van der Waals surface area contributed by atoms with Gasteiger partial charge < -0.3 is 5.32 Å². The van der Waals surface area contributed by atoms with Crippen molar-refractivity contribution in [1.82, 2.24) is 15.1 Å². The highest BCUT2D eigenvalue weighted by atomic mass is 19.4. The molecule has 0 radical (unpaired) electrons. The highest BCUT2D eigenvalue weighted by Crippen LogP contribution is 2.32. The summed E-state index contributed by atoms with van der Waals surface area (Å²) in [5, 5.41) is 6.21. The fourth-order valence-corrected chi connectivity index (χ4v) is 3.01. The highest BCUT2D eigenvalue weighted by molar-refractivity contribution is 5.95. The molecule has 28 heavy (non-hydrogen) atoms. The molecule has 0 aliphatic carbocycles. The largest absolute Gasteiger partial charge is 0.433 e. The van der Waals surface area contributed by atoms with Crippen LogP contribution in [-0.4, -0.2) is 15.7 Å². The Morgan fingerprint density at radius 2 is 1.82 bits per heavy atom. The number of rotatable bonds is 5. The van der Waals surface area contributed by atoms with Crippen LogP contribution >= 0.6 is 0 Å². The van der Waals surface area contributed by atoms with Gasteiger partial charge in [-0.1, -0.05) is 54.1 Å². The molecule has 0 aliphatic rings. The van der Waals surface area contributed by atoms with Crippen molar-refractivity contribution in [2.24, 2.45) is 0 Å². The van der Waals surface area contributed by atoms with E-state index in [0.717, 1.165) is 33.1 Å². The van der Waals surface area contributed by atoms with Crippen LogP contribution in [-0.2, 0) is 19.3 Å². The van der Waals surface area contributed by atoms with Gasteiger partial charge in [-0.2, -0.15) is 18.3 Å². The van der Waals surface area contributed by atoms with Gasteiger partial charge in [0.15, 0.2) is 5.69 Å². The molecule has 146 valence electrons. The second-order valence-electron chi connectivity index (χ2n) is 6.47. The van der Waals surface area contributed by atoms with Gasteiger partial charge in [0.2, 0.25) is 0 Å². The summed E-state index contributed by atoms with van der Waals surface area (Å²) in [5.74, 6) is -0.796. The lowest BCUT2D eigenvalue weighted by molar-refractivity contribution is -0.144. The number of aryl methyl sites for hydroxylation is 2. The lowest BCUT2D eigenvalue weighted by Crippen LogP contribution is -2.26. The Morgan fingerprint density at radius 1 is 1.11 bits per heavy atom. The topological polar surface area (TPSA) is 46.9 Å². The van der Waals surface area contributed by atoms with E-state index in [9.17, 15) is 18.0 Å². The number of alkyl halides is 3. The van der Waals surface area contributed by atoms with Crippen LogP contribution in [0.15, 0.2) is 54.7 Å². The summed E-state index contributed by atoms with van der Waals surface area (Å²) in [6.07, 6.45) is -3.68. The van der Waals surface area contributed by atoms with Crippen LogP contribution in [0.4, 0.5) is 13.2 Å². The molecule has 0 atom stereocenters. The zero-order valence-corrected chi connectivity index (χ0v) is 15.5. The maximum atomic E-state index is 13.2. The number of carbonyl (C=O) groups is 1. The number of nitrogens with one attached hydrogen (secondary N) is 1. The third kappa shape index (κ3) is 4.24. The summed E-state index contributed by atoms with van der Waals surface area (Å²) in [4.78, 5) is 12.3. The molecule has 7 heteroatoms. The summed E-state index contributed by atoms with van der Waals surface area (Å²) in [7, 11) is 0. The number of aromatic nitrogens is 2. The van der Waals surface area contributed by atoms with Gasteiger partial charge in [-0.15, -0.1) is 0 Å². The molecular weight excluding hydrogens is 367 g/mol. The molecule has 0 spiro atoms. The highest BCUT2D eigenvalue weighted by Gasteiger charge is 2.39. The second-order valence-corrected chi connectivity index (χ2v) is 6.47. The van der Waals surface area contributed by atoms with Crippen LogP contribution in [0.2, 0.25) is 0 Å². The molecular formula is C21H20F3N3O. The van der Waals surface area contributed by atoms with Crippen LogP contribution in [0.5, 0.6) is 0 Å². The van der Waals surface area contributed by atoms with Crippen molar-refractivity contribution < 1.29 is 18.0 Å². The third-order valence-electron chi connectivity index (χ3n) is 4.41. The smallest absolute Gasteiger partial charge is 0.348 e. The number of halogens is 3. The minimum Gasteiger partial charge on any atom is -0.348 e. The van der Waals surface area contributed by atoms with Gasteiger partial charge in [0.1, 0.15) is 0 Å². The molecule has 3 rings (SSSR count). The molecule has 1 heterocycles. The Kier molecular flexibility index (Phi) is 5.53. The van der Waals surface area contributed by atoms with Crippen LogP contribution in [0.3, 0.4) is 0 Å². The van der Waals surface area contributed by atoms with Gasteiger partial charge in [-0.25, -0.2) is 0 Å². The molecule has 0 bridgehead atoms. The Hall–Kier alpha value is -3.09. The zero-order chi connectivity index (χ0) is 20.3. The lowest BCUT2D eigenvalue weighted by atomic mass is 10.0. The predicted octanol–water partition coefficient (Wildman–Crippen LogP) is 4.83. The van der Waals surface area contributed by atoms with E-state index in [1.54, 1.807) is 6.92 Å². The third-order valence-corrected chi connectivity index (χ3v) is 4.41. The Morgan fingerprint density at radius 3 is 2.43 bits per heavy atom. The molecule has 3 aromatic rings. The van der Waals surface area contributed by atoms with Gasteiger partial charge in [0, 0.05) is 13.1 Å². The van der Waals surface area contributed by atoms with E-state index in [2.05, 4.69) is 16.5 Å². The standard InChI is InChI=1S/C21H20F3N3O/c1-3-27-19(21(22,23)24)18(13-26-27)20(28)25-12-15-7-9-16(10-8-15)17-6-4-5-14(2)11-17/h4-11,13H,3,12H2,1-2H3,(H,25,28). The molecule has 0 fully saturated rings. The van der Waals surface area contributed by atoms with E-state index in [1.165, 1.54) is 0 Å². The maximum absolute atomic E-state index is 13.2. The second kappa shape index (κ2) is 7.88. The molecule has 0 unspecified atom stereocenters. The molecule has 0 aliphatic heterocycles. The minimum absolute atomic E-state index is 0.0303. The molecule has 4 nitrogen and oxygen atoms in total. The van der Waals surface area contributed by atoms with Crippen LogP contribution in [0.25, 0.3) is 11.1 Å². The van der Waals surface area contributed by atoms with E-state index in [-0.39, 0.29) is 13.1 Å². The molecule has 0 saturated carbocycles.